The molecule has 1 aromatic heterocycles. The van der Waals surface area contributed by atoms with Gasteiger partial charge in [0.05, 0.1) is 0 Å². The van der Waals surface area contributed by atoms with Crippen molar-refractivity contribution in [1.29, 1.82) is 0 Å². The van der Waals surface area contributed by atoms with Crippen molar-refractivity contribution in [3.8, 4) is 0 Å². The molecule has 10 heavy (non-hydrogen) atoms. The Balaban J connectivity index is 2.49. The van der Waals surface area contributed by atoms with Crippen LogP contribution in [0.5, 0.6) is 0 Å². The fourth-order valence-corrected chi connectivity index (χ4v) is 1.04. The van der Waals surface area contributed by atoms with Crippen molar-refractivity contribution in [2.24, 2.45) is 7.05 Å². The molecular weight excluding hydrogens is 194 g/mol. The maximum absolute atomic E-state index is 3.95. The predicted octanol–water partition coefficient (Wildman–Crippen LogP) is 1.14. The summed E-state index contributed by atoms with van der Waals surface area (Å²) in [5.41, 5.74) is 0. The maximum Gasteiger partial charge on any atom is 0.132 e. The van der Waals surface area contributed by atoms with Gasteiger partial charge in [-0.15, -0.1) is 10.2 Å². The van der Waals surface area contributed by atoms with Gasteiger partial charge in [0.1, 0.15) is 12.2 Å². The summed E-state index contributed by atoms with van der Waals surface area (Å²) < 4.78 is 1.95. The van der Waals surface area contributed by atoms with Crippen LogP contribution in [-0.4, -0.2) is 20.1 Å². The molecule has 3 nitrogen and oxygen atoms in total. The van der Waals surface area contributed by atoms with E-state index < -0.39 is 0 Å². The molecule has 0 N–H and O–H groups in total. The Kier molecular flexibility index (Phi) is 2.86. The summed E-state index contributed by atoms with van der Waals surface area (Å²) in [5, 5.41) is 8.75. The van der Waals surface area contributed by atoms with Crippen LogP contribution in [0.3, 0.4) is 0 Å². The number of halogens is 1. The van der Waals surface area contributed by atoms with Crippen molar-refractivity contribution in [2.75, 3.05) is 5.33 Å². The minimum atomic E-state index is 1.00. The number of hydrogen-bond acceptors (Lipinski definition) is 2. The van der Waals surface area contributed by atoms with Gasteiger partial charge < -0.3 is 4.57 Å². The quantitative estimate of drug-likeness (QED) is 0.691. The van der Waals surface area contributed by atoms with Gasteiger partial charge in [0.2, 0.25) is 0 Å². The number of rotatable bonds is 3. The normalized spacial score (nSPS) is 10.2. The second-order valence-corrected chi connectivity index (χ2v) is 2.94. The third kappa shape index (κ3) is 1.80. The zero-order valence-corrected chi connectivity index (χ0v) is 7.50. The van der Waals surface area contributed by atoms with E-state index >= 15 is 0 Å². The van der Waals surface area contributed by atoms with Gasteiger partial charge in [0, 0.05) is 18.8 Å². The molecule has 0 aliphatic heterocycles. The first kappa shape index (κ1) is 7.72. The highest BCUT2D eigenvalue weighted by molar-refractivity contribution is 9.09. The highest BCUT2D eigenvalue weighted by atomic mass is 79.9. The summed E-state index contributed by atoms with van der Waals surface area (Å²) >= 11 is 3.36. The smallest absolute Gasteiger partial charge is 0.132 e. The molecule has 0 saturated carbocycles. The van der Waals surface area contributed by atoms with Crippen LogP contribution in [0, 0.1) is 0 Å². The first-order chi connectivity index (χ1) is 4.84. The minimum Gasteiger partial charge on any atom is -0.321 e. The number of nitrogens with zero attached hydrogens (tertiary/aromatic N) is 3. The van der Waals surface area contributed by atoms with Crippen molar-refractivity contribution >= 4 is 15.9 Å². The van der Waals surface area contributed by atoms with E-state index in [1.165, 1.54) is 0 Å². The molecule has 0 amide bonds. The van der Waals surface area contributed by atoms with Crippen molar-refractivity contribution in [2.45, 2.75) is 12.8 Å². The zero-order chi connectivity index (χ0) is 7.40. The van der Waals surface area contributed by atoms with Crippen LogP contribution in [0.15, 0.2) is 6.33 Å². The molecule has 0 aliphatic carbocycles. The largest absolute Gasteiger partial charge is 0.321 e. The molecule has 0 saturated heterocycles. The van der Waals surface area contributed by atoms with E-state index in [0.29, 0.717) is 0 Å². The number of aryl methyl sites for hydroxylation is 2. The van der Waals surface area contributed by atoms with Crippen molar-refractivity contribution < 1.29 is 0 Å². The molecule has 0 bridgehead atoms. The molecule has 1 rings (SSSR count). The first-order valence-electron chi connectivity index (χ1n) is 3.23. The first-order valence-corrected chi connectivity index (χ1v) is 4.35. The lowest BCUT2D eigenvalue weighted by Gasteiger charge is -1.95. The van der Waals surface area contributed by atoms with Gasteiger partial charge >= 0.3 is 0 Å². The van der Waals surface area contributed by atoms with E-state index in [4.69, 9.17) is 0 Å². The molecule has 0 unspecified atom stereocenters. The highest BCUT2D eigenvalue weighted by Crippen LogP contribution is 1.98. The lowest BCUT2D eigenvalue weighted by atomic mass is 10.3. The van der Waals surface area contributed by atoms with E-state index in [9.17, 15) is 0 Å². The number of hydrogen-bond donors (Lipinski definition) is 0. The average Bonchev–Trinajstić information content (AvgIpc) is 2.31. The molecule has 1 heterocycles. The number of aromatic nitrogens is 3. The van der Waals surface area contributed by atoms with Gasteiger partial charge in [-0.1, -0.05) is 15.9 Å². The Bertz CT molecular complexity index is 197. The van der Waals surface area contributed by atoms with Gasteiger partial charge in [-0.3, -0.25) is 0 Å². The Morgan fingerprint density at radius 1 is 1.70 bits per heavy atom. The molecular formula is C6H10BrN3. The van der Waals surface area contributed by atoms with Gasteiger partial charge in [-0.05, 0) is 6.42 Å². The minimum absolute atomic E-state index is 1.00. The van der Waals surface area contributed by atoms with E-state index in [0.717, 1.165) is 24.0 Å². The van der Waals surface area contributed by atoms with E-state index in [1.54, 1.807) is 6.33 Å². The predicted molar refractivity (Wildman–Crippen MR) is 43.1 cm³/mol. The number of alkyl halides is 1. The summed E-state index contributed by atoms with van der Waals surface area (Å²) in [5.74, 6) is 1.06. The zero-order valence-electron chi connectivity index (χ0n) is 5.92. The van der Waals surface area contributed by atoms with E-state index in [1.807, 2.05) is 11.6 Å². The summed E-state index contributed by atoms with van der Waals surface area (Å²) in [6.45, 7) is 0. The monoisotopic (exact) mass is 203 g/mol. The third-order valence-electron chi connectivity index (χ3n) is 1.34. The molecule has 4 heteroatoms. The average molecular weight is 204 g/mol. The van der Waals surface area contributed by atoms with Crippen LogP contribution in [0.4, 0.5) is 0 Å². The summed E-state index contributed by atoms with van der Waals surface area (Å²) in [4.78, 5) is 0. The van der Waals surface area contributed by atoms with E-state index in [2.05, 4.69) is 26.1 Å². The van der Waals surface area contributed by atoms with Crippen LogP contribution in [0.1, 0.15) is 12.2 Å². The van der Waals surface area contributed by atoms with Gasteiger partial charge in [0.15, 0.2) is 0 Å². The Morgan fingerprint density at radius 2 is 2.50 bits per heavy atom. The Morgan fingerprint density at radius 3 is 3.00 bits per heavy atom. The van der Waals surface area contributed by atoms with Crippen molar-refractivity contribution in [3.05, 3.63) is 12.2 Å². The van der Waals surface area contributed by atoms with Gasteiger partial charge in [0.25, 0.3) is 0 Å². The summed E-state index contributed by atoms with van der Waals surface area (Å²) in [6, 6.07) is 0. The Labute approximate surface area is 68.6 Å². The maximum atomic E-state index is 3.95. The van der Waals surface area contributed by atoms with Gasteiger partial charge in [-0.2, -0.15) is 0 Å². The molecule has 56 valence electrons. The summed E-state index contributed by atoms with van der Waals surface area (Å²) in [7, 11) is 1.96. The van der Waals surface area contributed by atoms with Gasteiger partial charge in [-0.25, -0.2) is 0 Å². The molecule has 0 radical (unpaired) electrons. The van der Waals surface area contributed by atoms with Crippen molar-refractivity contribution in [1.82, 2.24) is 14.8 Å². The van der Waals surface area contributed by atoms with E-state index in [-0.39, 0.29) is 0 Å². The summed E-state index contributed by atoms with van der Waals surface area (Å²) in [6.07, 6.45) is 3.85. The highest BCUT2D eigenvalue weighted by Gasteiger charge is 1.97. The van der Waals surface area contributed by atoms with Crippen LogP contribution in [0.2, 0.25) is 0 Å². The lowest BCUT2D eigenvalue weighted by Crippen LogP contribution is -1.97. The molecule has 0 aromatic carbocycles. The molecule has 0 atom stereocenters. The lowest BCUT2D eigenvalue weighted by molar-refractivity contribution is 0.762. The second kappa shape index (κ2) is 3.71. The molecule has 0 fully saturated rings. The standard InChI is InChI=1S/C6H10BrN3/c1-10-5-8-9-6(10)3-2-4-7/h5H,2-4H2,1H3. The van der Waals surface area contributed by atoms with Crippen molar-refractivity contribution in [3.63, 3.8) is 0 Å². The van der Waals surface area contributed by atoms with Crippen LogP contribution >= 0.6 is 15.9 Å². The fourth-order valence-electron chi connectivity index (χ4n) is 0.758. The van der Waals surface area contributed by atoms with Crippen LogP contribution in [0.25, 0.3) is 0 Å². The SMILES string of the molecule is Cn1cnnc1CCCBr. The third-order valence-corrected chi connectivity index (χ3v) is 1.90. The molecule has 1 aromatic rings. The second-order valence-electron chi connectivity index (χ2n) is 2.15. The topological polar surface area (TPSA) is 30.7 Å². The molecule has 0 aliphatic rings. The molecule has 0 spiro atoms. The Hall–Kier alpha value is -0.380. The fraction of sp³-hybridized carbons (Fsp3) is 0.667. The van der Waals surface area contributed by atoms with Crippen LogP contribution in [-0.2, 0) is 13.5 Å². The van der Waals surface area contributed by atoms with Crippen LogP contribution < -0.4 is 0 Å².